The summed E-state index contributed by atoms with van der Waals surface area (Å²) in [5.74, 6) is -0.988. The first-order valence-corrected chi connectivity index (χ1v) is 12.0. The Morgan fingerprint density at radius 3 is 1.90 bits per heavy atom. The SMILES string of the molecule is CCOP(=O)(CC(C)(OCc1ccc(C)cc1)N1C(=O)c2ccccc2C1=O)OCC. The number of benzene rings is 2. The average molecular weight is 445 g/mol. The summed E-state index contributed by atoms with van der Waals surface area (Å²) in [6.45, 7) is 7.40. The van der Waals surface area contributed by atoms with Gasteiger partial charge < -0.3 is 13.8 Å². The molecule has 0 bridgehead atoms. The lowest BCUT2D eigenvalue weighted by atomic mass is 10.1. The molecule has 3 rings (SSSR count). The Bertz CT molecular complexity index is 960. The average Bonchev–Trinajstić information content (AvgIpc) is 2.99. The Balaban J connectivity index is 1.97. The van der Waals surface area contributed by atoms with Crippen LogP contribution in [-0.2, 0) is 25.0 Å². The minimum atomic E-state index is -3.64. The molecule has 1 aliphatic heterocycles. The Morgan fingerprint density at radius 2 is 1.42 bits per heavy atom. The minimum absolute atomic E-state index is 0.114. The monoisotopic (exact) mass is 445 g/mol. The summed E-state index contributed by atoms with van der Waals surface area (Å²) in [5, 5.41) is 0. The molecule has 0 aromatic heterocycles. The van der Waals surface area contributed by atoms with Crippen molar-refractivity contribution in [1.82, 2.24) is 4.90 Å². The molecule has 0 saturated heterocycles. The Labute approximate surface area is 182 Å². The normalized spacial score (nSPS) is 15.8. The molecule has 1 heterocycles. The second-order valence-electron chi connectivity index (χ2n) is 7.55. The van der Waals surface area contributed by atoms with Crippen molar-refractivity contribution in [2.75, 3.05) is 19.4 Å². The number of nitrogens with zero attached hydrogens (tertiary/aromatic N) is 1. The predicted octanol–water partition coefficient (Wildman–Crippen LogP) is 4.79. The van der Waals surface area contributed by atoms with Gasteiger partial charge in [-0.1, -0.05) is 42.0 Å². The third-order valence-corrected chi connectivity index (χ3v) is 7.35. The van der Waals surface area contributed by atoms with Crippen molar-refractivity contribution in [2.45, 2.75) is 40.0 Å². The quantitative estimate of drug-likeness (QED) is 0.386. The van der Waals surface area contributed by atoms with Crippen molar-refractivity contribution < 1.29 is 27.9 Å². The van der Waals surface area contributed by atoms with E-state index in [0.717, 1.165) is 16.0 Å². The molecule has 2 aromatic carbocycles. The summed E-state index contributed by atoms with van der Waals surface area (Å²) < 4.78 is 30.4. The van der Waals surface area contributed by atoms with Gasteiger partial charge in [-0.2, -0.15) is 0 Å². The summed E-state index contributed by atoms with van der Waals surface area (Å²) in [5.41, 5.74) is 0.999. The van der Waals surface area contributed by atoms with E-state index >= 15 is 0 Å². The van der Waals surface area contributed by atoms with Crippen LogP contribution in [0.3, 0.4) is 0 Å². The lowest BCUT2D eigenvalue weighted by molar-refractivity contribution is -0.104. The topological polar surface area (TPSA) is 82.1 Å². The zero-order valence-corrected chi connectivity index (χ0v) is 19.2. The molecule has 0 radical (unpaired) electrons. The second-order valence-corrected chi connectivity index (χ2v) is 9.60. The van der Waals surface area contributed by atoms with Crippen molar-refractivity contribution in [3.05, 3.63) is 70.8 Å². The molecule has 0 fully saturated rings. The Kier molecular flexibility index (Phi) is 7.12. The Morgan fingerprint density at radius 1 is 0.903 bits per heavy atom. The predicted molar refractivity (Wildman–Crippen MR) is 117 cm³/mol. The van der Waals surface area contributed by atoms with E-state index in [0.29, 0.717) is 11.1 Å². The van der Waals surface area contributed by atoms with Crippen LogP contribution in [0.15, 0.2) is 48.5 Å². The summed E-state index contributed by atoms with van der Waals surface area (Å²) in [6.07, 6.45) is -0.279. The van der Waals surface area contributed by atoms with Gasteiger partial charge in [0.05, 0.1) is 37.1 Å². The molecule has 0 N–H and O–H groups in total. The van der Waals surface area contributed by atoms with Crippen LogP contribution in [-0.4, -0.2) is 41.8 Å². The van der Waals surface area contributed by atoms with Gasteiger partial charge in [-0.05, 0) is 45.4 Å². The molecule has 166 valence electrons. The fraction of sp³-hybridized carbons (Fsp3) is 0.391. The molecule has 7 nitrogen and oxygen atoms in total. The third kappa shape index (κ3) is 4.96. The van der Waals surface area contributed by atoms with Crippen molar-refractivity contribution in [3.8, 4) is 0 Å². The number of rotatable bonds is 10. The number of imide groups is 1. The standard InChI is InChI=1S/C23H28NO6P/c1-5-29-31(27,30-6-2)16-23(4,28-15-18-13-11-17(3)12-14-18)24-21(25)19-9-7-8-10-20(19)22(24)26/h7-14H,5-6,15-16H2,1-4H3. The van der Waals surface area contributed by atoms with Crippen molar-refractivity contribution in [3.63, 3.8) is 0 Å². The number of aryl methyl sites for hydroxylation is 1. The first-order chi connectivity index (χ1) is 14.7. The second kappa shape index (κ2) is 9.45. The highest BCUT2D eigenvalue weighted by Gasteiger charge is 2.51. The molecule has 2 amide bonds. The van der Waals surface area contributed by atoms with E-state index < -0.39 is 25.1 Å². The van der Waals surface area contributed by atoms with Gasteiger partial charge >= 0.3 is 7.60 Å². The van der Waals surface area contributed by atoms with E-state index in [9.17, 15) is 14.2 Å². The molecule has 1 unspecified atom stereocenters. The van der Waals surface area contributed by atoms with Crippen LogP contribution in [0.4, 0.5) is 0 Å². The van der Waals surface area contributed by atoms with Gasteiger partial charge in [0.25, 0.3) is 11.8 Å². The number of amides is 2. The highest BCUT2D eigenvalue weighted by Crippen LogP contribution is 2.52. The number of carbonyl (C=O) groups is 2. The van der Waals surface area contributed by atoms with Crippen LogP contribution < -0.4 is 0 Å². The maximum absolute atomic E-state index is 13.4. The van der Waals surface area contributed by atoms with Gasteiger partial charge in [0, 0.05) is 0 Å². The van der Waals surface area contributed by atoms with Crippen molar-refractivity contribution in [1.29, 1.82) is 0 Å². The largest absolute Gasteiger partial charge is 0.350 e. The van der Waals surface area contributed by atoms with E-state index in [1.165, 1.54) is 0 Å². The number of fused-ring (bicyclic) bond motifs is 1. The number of hydrogen-bond donors (Lipinski definition) is 0. The van der Waals surface area contributed by atoms with Gasteiger partial charge in [-0.15, -0.1) is 0 Å². The maximum Gasteiger partial charge on any atom is 0.335 e. The molecule has 1 atom stereocenters. The van der Waals surface area contributed by atoms with Crippen LogP contribution in [0.1, 0.15) is 52.6 Å². The first kappa shape index (κ1) is 23.4. The highest BCUT2D eigenvalue weighted by atomic mass is 31.2. The molecular formula is C23H28NO6P. The van der Waals surface area contributed by atoms with Gasteiger partial charge in [-0.3, -0.25) is 14.2 Å². The molecule has 0 saturated carbocycles. The zero-order chi connectivity index (χ0) is 22.6. The molecule has 1 aliphatic rings. The van der Waals surface area contributed by atoms with E-state index in [4.69, 9.17) is 13.8 Å². The zero-order valence-electron chi connectivity index (χ0n) is 18.3. The summed E-state index contributed by atoms with van der Waals surface area (Å²) >= 11 is 0. The Hall–Kier alpha value is -2.31. The lowest BCUT2D eigenvalue weighted by Gasteiger charge is -2.38. The fourth-order valence-electron chi connectivity index (χ4n) is 3.60. The fourth-order valence-corrected chi connectivity index (χ4v) is 5.60. The lowest BCUT2D eigenvalue weighted by Crippen LogP contribution is -2.54. The van der Waals surface area contributed by atoms with E-state index in [-0.39, 0.29) is 26.0 Å². The van der Waals surface area contributed by atoms with E-state index in [1.54, 1.807) is 45.0 Å². The van der Waals surface area contributed by atoms with Gasteiger partial charge in [0.2, 0.25) is 0 Å². The van der Waals surface area contributed by atoms with Crippen LogP contribution in [0, 0.1) is 6.92 Å². The van der Waals surface area contributed by atoms with Crippen LogP contribution >= 0.6 is 7.60 Å². The molecule has 0 aliphatic carbocycles. The number of carbonyl (C=O) groups excluding carboxylic acids is 2. The third-order valence-electron chi connectivity index (χ3n) is 5.08. The minimum Gasteiger partial charge on any atom is -0.350 e. The van der Waals surface area contributed by atoms with Gasteiger partial charge in [-0.25, -0.2) is 4.90 Å². The smallest absolute Gasteiger partial charge is 0.335 e. The summed E-state index contributed by atoms with van der Waals surface area (Å²) in [6, 6.07) is 14.3. The van der Waals surface area contributed by atoms with Gasteiger partial charge in [0.1, 0.15) is 0 Å². The molecule has 2 aromatic rings. The molecule has 0 spiro atoms. The van der Waals surface area contributed by atoms with E-state index in [1.807, 2.05) is 31.2 Å². The van der Waals surface area contributed by atoms with Crippen LogP contribution in [0.25, 0.3) is 0 Å². The van der Waals surface area contributed by atoms with Crippen LogP contribution in [0.5, 0.6) is 0 Å². The molecule has 8 heteroatoms. The van der Waals surface area contributed by atoms with Crippen molar-refractivity contribution >= 4 is 19.4 Å². The van der Waals surface area contributed by atoms with Gasteiger partial charge in [0.15, 0.2) is 5.72 Å². The van der Waals surface area contributed by atoms with Crippen LogP contribution in [0.2, 0.25) is 0 Å². The molecular weight excluding hydrogens is 417 g/mol. The summed E-state index contributed by atoms with van der Waals surface area (Å²) in [4.78, 5) is 27.4. The van der Waals surface area contributed by atoms with E-state index in [2.05, 4.69) is 0 Å². The molecule has 31 heavy (non-hydrogen) atoms. The number of ether oxygens (including phenoxy) is 1. The highest BCUT2D eigenvalue weighted by molar-refractivity contribution is 7.53. The summed E-state index contributed by atoms with van der Waals surface area (Å²) in [7, 11) is -3.64. The first-order valence-electron chi connectivity index (χ1n) is 10.3. The van der Waals surface area contributed by atoms with Crippen molar-refractivity contribution in [2.24, 2.45) is 0 Å². The maximum atomic E-state index is 13.4. The number of hydrogen-bond acceptors (Lipinski definition) is 6.